The minimum absolute atomic E-state index is 0.120. The van der Waals surface area contributed by atoms with E-state index in [0.29, 0.717) is 44.0 Å². The second-order valence-electron chi connectivity index (χ2n) is 6.46. The Morgan fingerprint density at radius 2 is 1.94 bits per heavy atom. The van der Waals surface area contributed by atoms with Gasteiger partial charge in [-0.2, -0.15) is 0 Å². The topological polar surface area (TPSA) is 69.0 Å². The van der Waals surface area contributed by atoms with Crippen molar-refractivity contribution in [3.8, 4) is 5.75 Å². The fraction of sp³-hybridized carbons (Fsp3) is 0.190. The van der Waals surface area contributed by atoms with Crippen molar-refractivity contribution >= 4 is 58.2 Å². The number of anilines is 1. The number of carbonyl (C=O) groups is 1. The molecule has 1 heterocycles. The fourth-order valence-corrected chi connectivity index (χ4v) is 4.00. The summed E-state index contributed by atoms with van der Waals surface area (Å²) in [6.45, 7) is 6.40. The smallest absolute Gasteiger partial charge is 0.234 e. The van der Waals surface area contributed by atoms with Crippen molar-refractivity contribution in [2.45, 2.75) is 25.2 Å². The van der Waals surface area contributed by atoms with Gasteiger partial charge in [-0.25, -0.2) is 0 Å². The van der Waals surface area contributed by atoms with Crippen molar-refractivity contribution in [3.05, 3.63) is 75.5 Å². The highest BCUT2D eigenvalue weighted by Crippen LogP contribution is 2.26. The number of halogens is 3. The van der Waals surface area contributed by atoms with E-state index < -0.39 is 0 Å². The van der Waals surface area contributed by atoms with Crippen LogP contribution in [0, 0.1) is 6.92 Å². The largest absolute Gasteiger partial charge is 0.485 e. The number of allylic oxidation sites excluding steroid dienone is 1. The molecule has 0 unspecified atom stereocenters. The SMILES string of the molecule is C=CCn1c(COc2ccc(Cl)cc2C)nnc1SCC(=O)Nc1cc(Cl)ccc1Cl. The molecule has 0 aliphatic rings. The maximum atomic E-state index is 12.4. The van der Waals surface area contributed by atoms with E-state index in [1.165, 1.54) is 11.8 Å². The summed E-state index contributed by atoms with van der Waals surface area (Å²) < 4.78 is 7.72. The van der Waals surface area contributed by atoms with Crippen LogP contribution in [0.25, 0.3) is 0 Å². The molecule has 0 aliphatic heterocycles. The first-order valence-electron chi connectivity index (χ1n) is 9.17. The van der Waals surface area contributed by atoms with Gasteiger partial charge in [0, 0.05) is 16.6 Å². The predicted molar refractivity (Wildman–Crippen MR) is 127 cm³/mol. The van der Waals surface area contributed by atoms with Gasteiger partial charge in [-0.3, -0.25) is 9.36 Å². The van der Waals surface area contributed by atoms with Gasteiger partial charge in [-0.1, -0.05) is 52.6 Å². The van der Waals surface area contributed by atoms with E-state index >= 15 is 0 Å². The van der Waals surface area contributed by atoms with Gasteiger partial charge < -0.3 is 10.1 Å². The van der Waals surface area contributed by atoms with Gasteiger partial charge in [-0.05, 0) is 48.9 Å². The minimum Gasteiger partial charge on any atom is -0.485 e. The van der Waals surface area contributed by atoms with Gasteiger partial charge in [0.15, 0.2) is 11.0 Å². The molecule has 3 rings (SSSR count). The Kier molecular flexibility index (Phi) is 8.26. The van der Waals surface area contributed by atoms with E-state index in [-0.39, 0.29) is 18.3 Å². The normalized spacial score (nSPS) is 10.7. The summed E-state index contributed by atoms with van der Waals surface area (Å²) in [7, 11) is 0. The molecule has 1 N–H and O–H groups in total. The Balaban J connectivity index is 1.64. The van der Waals surface area contributed by atoms with Crippen molar-refractivity contribution in [1.29, 1.82) is 0 Å². The van der Waals surface area contributed by atoms with Gasteiger partial charge in [0.1, 0.15) is 12.4 Å². The number of aryl methyl sites for hydroxylation is 1. The average Bonchev–Trinajstić information content (AvgIpc) is 3.10. The zero-order chi connectivity index (χ0) is 22.4. The van der Waals surface area contributed by atoms with Crippen LogP contribution in [0.15, 0.2) is 54.2 Å². The number of benzene rings is 2. The van der Waals surface area contributed by atoms with Gasteiger partial charge in [-0.15, -0.1) is 16.8 Å². The summed E-state index contributed by atoms with van der Waals surface area (Å²) in [5.74, 6) is 1.21. The van der Waals surface area contributed by atoms with Crippen LogP contribution in [0.1, 0.15) is 11.4 Å². The average molecular weight is 498 g/mol. The van der Waals surface area contributed by atoms with Crippen LogP contribution in [0.5, 0.6) is 5.75 Å². The van der Waals surface area contributed by atoms with E-state index in [1.54, 1.807) is 30.3 Å². The van der Waals surface area contributed by atoms with E-state index in [4.69, 9.17) is 39.5 Å². The van der Waals surface area contributed by atoms with Crippen LogP contribution in [-0.4, -0.2) is 26.4 Å². The number of carbonyl (C=O) groups excluding carboxylic acids is 1. The molecule has 0 radical (unpaired) electrons. The molecular weight excluding hydrogens is 479 g/mol. The first-order chi connectivity index (χ1) is 14.9. The molecule has 1 amide bonds. The quantitative estimate of drug-likeness (QED) is 0.288. The summed E-state index contributed by atoms with van der Waals surface area (Å²) in [4.78, 5) is 12.4. The van der Waals surface area contributed by atoms with E-state index in [9.17, 15) is 4.79 Å². The molecule has 6 nitrogen and oxygen atoms in total. The first-order valence-corrected chi connectivity index (χ1v) is 11.3. The third kappa shape index (κ3) is 6.40. The maximum absolute atomic E-state index is 12.4. The molecule has 3 aromatic rings. The third-order valence-corrected chi connectivity index (χ3v) is 5.90. The molecule has 162 valence electrons. The highest BCUT2D eigenvalue weighted by Gasteiger charge is 2.15. The minimum atomic E-state index is -0.239. The molecule has 0 spiro atoms. The van der Waals surface area contributed by atoms with Crippen LogP contribution in [0.3, 0.4) is 0 Å². The van der Waals surface area contributed by atoms with Gasteiger partial charge >= 0.3 is 0 Å². The molecule has 0 saturated carbocycles. The van der Waals surface area contributed by atoms with Crippen LogP contribution < -0.4 is 10.1 Å². The lowest BCUT2D eigenvalue weighted by Crippen LogP contribution is -2.15. The second-order valence-corrected chi connectivity index (χ2v) is 8.68. The molecule has 0 atom stereocenters. The third-order valence-electron chi connectivity index (χ3n) is 4.13. The summed E-state index contributed by atoms with van der Waals surface area (Å²) in [6, 6.07) is 10.3. The summed E-state index contributed by atoms with van der Waals surface area (Å²) >= 11 is 19.3. The number of rotatable bonds is 9. The molecular formula is C21H19Cl3N4O2S. The lowest BCUT2D eigenvalue weighted by atomic mass is 10.2. The number of thioether (sulfide) groups is 1. The highest BCUT2D eigenvalue weighted by molar-refractivity contribution is 7.99. The van der Waals surface area contributed by atoms with Crippen molar-refractivity contribution < 1.29 is 9.53 Å². The Labute approximate surface area is 199 Å². The van der Waals surface area contributed by atoms with E-state index in [0.717, 1.165) is 5.56 Å². The Morgan fingerprint density at radius 1 is 1.19 bits per heavy atom. The second kappa shape index (κ2) is 10.9. The van der Waals surface area contributed by atoms with E-state index in [1.807, 2.05) is 23.6 Å². The Hall–Kier alpha value is -2.19. The lowest BCUT2D eigenvalue weighted by molar-refractivity contribution is -0.113. The number of hydrogen-bond donors (Lipinski definition) is 1. The number of ether oxygens (including phenoxy) is 1. The summed E-state index contributed by atoms with van der Waals surface area (Å²) in [5, 5.41) is 13.3. The fourth-order valence-electron chi connectivity index (χ4n) is 2.67. The molecule has 0 bridgehead atoms. The number of nitrogens with one attached hydrogen (secondary N) is 1. The molecule has 1 aromatic heterocycles. The molecule has 0 aliphatic carbocycles. The van der Waals surface area contributed by atoms with Crippen molar-refractivity contribution in [3.63, 3.8) is 0 Å². The van der Waals surface area contributed by atoms with Crippen LogP contribution >= 0.6 is 46.6 Å². The standard InChI is InChI=1S/C21H19Cl3N4O2S/c1-3-8-28-19(11-30-18-7-5-14(22)9-13(18)2)26-27-21(28)31-12-20(29)25-17-10-15(23)4-6-16(17)24/h3-7,9-10H,1,8,11-12H2,2H3,(H,25,29). The summed E-state index contributed by atoms with van der Waals surface area (Å²) in [6.07, 6.45) is 1.73. The van der Waals surface area contributed by atoms with Crippen LogP contribution in [0.2, 0.25) is 15.1 Å². The monoisotopic (exact) mass is 496 g/mol. The first kappa shape index (κ1) is 23.5. The lowest BCUT2D eigenvalue weighted by Gasteiger charge is -2.11. The molecule has 2 aromatic carbocycles. The number of amides is 1. The van der Waals surface area contributed by atoms with Crippen LogP contribution in [0.4, 0.5) is 5.69 Å². The molecule has 31 heavy (non-hydrogen) atoms. The number of hydrogen-bond acceptors (Lipinski definition) is 5. The maximum Gasteiger partial charge on any atom is 0.234 e. The van der Waals surface area contributed by atoms with Crippen molar-refractivity contribution in [2.75, 3.05) is 11.1 Å². The van der Waals surface area contributed by atoms with Crippen molar-refractivity contribution in [2.24, 2.45) is 0 Å². The number of aromatic nitrogens is 3. The molecule has 0 fully saturated rings. The predicted octanol–water partition coefficient (Wildman–Crippen LogP) is 6.04. The van der Waals surface area contributed by atoms with Gasteiger partial charge in [0.05, 0.1) is 16.5 Å². The van der Waals surface area contributed by atoms with Crippen LogP contribution in [-0.2, 0) is 17.9 Å². The zero-order valence-corrected chi connectivity index (χ0v) is 19.7. The van der Waals surface area contributed by atoms with Gasteiger partial charge in [0.2, 0.25) is 5.91 Å². The van der Waals surface area contributed by atoms with Gasteiger partial charge in [0.25, 0.3) is 0 Å². The summed E-state index contributed by atoms with van der Waals surface area (Å²) in [5.41, 5.74) is 1.38. The number of nitrogens with zero attached hydrogens (tertiary/aromatic N) is 3. The Bertz CT molecular complexity index is 1100. The molecule has 0 saturated heterocycles. The Morgan fingerprint density at radius 3 is 2.68 bits per heavy atom. The highest BCUT2D eigenvalue weighted by atomic mass is 35.5. The van der Waals surface area contributed by atoms with E-state index in [2.05, 4.69) is 22.1 Å². The zero-order valence-electron chi connectivity index (χ0n) is 16.6. The molecule has 10 heteroatoms. The van der Waals surface area contributed by atoms with Crippen molar-refractivity contribution in [1.82, 2.24) is 14.8 Å².